The highest BCUT2D eigenvalue weighted by molar-refractivity contribution is 5.92. The Labute approximate surface area is 208 Å². The van der Waals surface area contributed by atoms with Crippen molar-refractivity contribution in [1.29, 1.82) is 0 Å². The summed E-state index contributed by atoms with van der Waals surface area (Å²) < 4.78 is 2.12. The second-order valence-electron chi connectivity index (χ2n) is 10.4. The fourth-order valence-corrected chi connectivity index (χ4v) is 5.37. The summed E-state index contributed by atoms with van der Waals surface area (Å²) in [7, 11) is 2.05. The first-order chi connectivity index (χ1) is 16.9. The molecule has 0 aliphatic heterocycles. The Bertz CT molecular complexity index is 1330. The first-order valence-corrected chi connectivity index (χ1v) is 12.8. The summed E-state index contributed by atoms with van der Waals surface area (Å²) in [5, 5.41) is 3.15. The van der Waals surface area contributed by atoms with E-state index in [4.69, 9.17) is 0 Å². The predicted molar refractivity (Wildman–Crippen MR) is 145 cm³/mol. The third kappa shape index (κ3) is 4.88. The van der Waals surface area contributed by atoms with Gasteiger partial charge in [0.15, 0.2) is 0 Å². The van der Waals surface area contributed by atoms with Gasteiger partial charge in [-0.3, -0.25) is 4.79 Å². The number of nitrogens with one attached hydrogen (secondary N) is 1. The van der Waals surface area contributed by atoms with Crippen LogP contribution < -0.4 is 5.32 Å². The van der Waals surface area contributed by atoms with Crippen molar-refractivity contribution in [2.45, 2.75) is 58.3 Å². The summed E-state index contributed by atoms with van der Waals surface area (Å²) in [6, 6.07) is 23.7. The minimum absolute atomic E-state index is 0.0630. The summed E-state index contributed by atoms with van der Waals surface area (Å²) in [5.74, 6) is 2.16. The van der Waals surface area contributed by atoms with E-state index < -0.39 is 0 Å². The Morgan fingerprint density at radius 3 is 2.40 bits per heavy atom. The number of imidazole rings is 1. The van der Waals surface area contributed by atoms with Gasteiger partial charge in [-0.25, -0.2) is 4.98 Å². The summed E-state index contributed by atoms with van der Waals surface area (Å²) in [4.78, 5) is 17.7. The molecule has 1 amide bonds. The van der Waals surface area contributed by atoms with Crippen LogP contribution in [0.5, 0.6) is 0 Å². The van der Waals surface area contributed by atoms with Crippen LogP contribution in [0.3, 0.4) is 0 Å². The van der Waals surface area contributed by atoms with Crippen LogP contribution in [-0.4, -0.2) is 15.5 Å². The highest BCUT2D eigenvalue weighted by Crippen LogP contribution is 2.37. The van der Waals surface area contributed by atoms with Gasteiger partial charge in [0.25, 0.3) is 0 Å². The molecule has 180 valence electrons. The number of carbonyl (C=O) groups excluding carboxylic acids is 1. The first-order valence-electron chi connectivity index (χ1n) is 12.8. The second kappa shape index (κ2) is 9.69. The first kappa shape index (κ1) is 23.3. The zero-order valence-corrected chi connectivity index (χ0v) is 21.2. The normalized spacial score (nSPS) is 18.2. The van der Waals surface area contributed by atoms with Crippen molar-refractivity contribution in [2.75, 3.05) is 5.32 Å². The molecule has 4 aromatic rings. The average Bonchev–Trinajstić information content (AvgIpc) is 3.17. The molecular weight excluding hydrogens is 430 g/mol. The molecule has 35 heavy (non-hydrogen) atoms. The van der Waals surface area contributed by atoms with E-state index in [-0.39, 0.29) is 11.8 Å². The van der Waals surface area contributed by atoms with Crippen LogP contribution >= 0.6 is 0 Å². The minimum Gasteiger partial charge on any atom is -0.331 e. The molecule has 1 fully saturated rings. The number of anilines is 1. The number of carbonyl (C=O) groups is 1. The lowest BCUT2D eigenvalue weighted by molar-refractivity contribution is -0.120. The molecule has 2 unspecified atom stereocenters. The molecule has 4 heteroatoms. The number of hydrogen-bond acceptors (Lipinski definition) is 2. The van der Waals surface area contributed by atoms with Crippen LogP contribution in [-0.2, 0) is 11.8 Å². The van der Waals surface area contributed by atoms with Crippen LogP contribution in [0, 0.1) is 12.8 Å². The molecule has 0 bridgehead atoms. The van der Waals surface area contributed by atoms with Crippen LogP contribution in [0.15, 0.2) is 66.7 Å². The zero-order chi connectivity index (χ0) is 24.5. The lowest BCUT2D eigenvalue weighted by Gasteiger charge is -2.29. The van der Waals surface area contributed by atoms with E-state index in [1.165, 1.54) is 22.3 Å². The van der Waals surface area contributed by atoms with E-state index in [0.717, 1.165) is 48.2 Å². The Morgan fingerprint density at radius 2 is 1.69 bits per heavy atom. The van der Waals surface area contributed by atoms with E-state index >= 15 is 0 Å². The number of fused-ring (bicyclic) bond motifs is 1. The van der Waals surface area contributed by atoms with Crippen molar-refractivity contribution < 1.29 is 4.79 Å². The molecule has 0 spiro atoms. The Hall–Kier alpha value is -3.40. The predicted octanol–water partition coefficient (Wildman–Crippen LogP) is 7.58. The molecular formula is C31H35N3O. The van der Waals surface area contributed by atoms with Gasteiger partial charge in [-0.05, 0) is 84.5 Å². The van der Waals surface area contributed by atoms with Gasteiger partial charge in [-0.2, -0.15) is 0 Å². The molecule has 0 saturated heterocycles. The van der Waals surface area contributed by atoms with Gasteiger partial charge in [0.2, 0.25) is 5.91 Å². The van der Waals surface area contributed by atoms with Crippen LogP contribution in [0.2, 0.25) is 0 Å². The number of aryl methyl sites for hydroxylation is 2. The summed E-state index contributed by atoms with van der Waals surface area (Å²) >= 11 is 0. The van der Waals surface area contributed by atoms with Crippen LogP contribution in [0.25, 0.3) is 22.2 Å². The van der Waals surface area contributed by atoms with Gasteiger partial charge in [0, 0.05) is 18.7 Å². The number of hydrogen-bond donors (Lipinski definition) is 1. The number of nitrogens with zero attached hydrogens (tertiary/aromatic N) is 2. The Kier molecular flexibility index (Phi) is 6.46. The topological polar surface area (TPSA) is 46.9 Å². The van der Waals surface area contributed by atoms with Crippen molar-refractivity contribution in [3.63, 3.8) is 0 Å². The number of aromatic nitrogens is 2. The smallest absolute Gasteiger partial charge is 0.227 e. The van der Waals surface area contributed by atoms with Crippen molar-refractivity contribution >= 4 is 22.6 Å². The van der Waals surface area contributed by atoms with E-state index in [2.05, 4.69) is 90.4 Å². The van der Waals surface area contributed by atoms with Gasteiger partial charge < -0.3 is 9.88 Å². The second-order valence-corrected chi connectivity index (χ2v) is 10.4. The van der Waals surface area contributed by atoms with Gasteiger partial charge in [-0.1, -0.05) is 62.7 Å². The lowest BCUT2D eigenvalue weighted by atomic mass is 9.77. The summed E-state index contributed by atoms with van der Waals surface area (Å²) in [5.41, 5.74) is 8.10. The highest BCUT2D eigenvalue weighted by Gasteiger charge is 2.28. The molecule has 1 saturated carbocycles. The van der Waals surface area contributed by atoms with E-state index in [0.29, 0.717) is 11.8 Å². The molecule has 5 rings (SSSR count). The Morgan fingerprint density at radius 1 is 0.971 bits per heavy atom. The van der Waals surface area contributed by atoms with Crippen LogP contribution in [0.4, 0.5) is 5.69 Å². The standard InChI is InChI=1S/C31H35N3O/c1-20(2)22-12-15-28(16-13-22)33-31(35)27-7-5-6-25(18-27)23-8-10-24(11-9-23)26-14-17-30-29(19-26)32-21(3)34(30)4/h8-17,19-20,25,27H,5-7,18H2,1-4H3,(H,33,35). The van der Waals surface area contributed by atoms with E-state index in [9.17, 15) is 4.79 Å². The average molecular weight is 466 g/mol. The maximum absolute atomic E-state index is 13.0. The summed E-state index contributed by atoms with van der Waals surface area (Å²) in [6.45, 7) is 6.40. The van der Waals surface area contributed by atoms with Gasteiger partial charge in [-0.15, -0.1) is 0 Å². The Balaban J connectivity index is 1.26. The monoisotopic (exact) mass is 465 g/mol. The van der Waals surface area contributed by atoms with Crippen molar-refractivity contribution in [2.24, 2.45) is 13.0 Å². The molecule has 1 N–H and O–H groups in total. The highest BCUT2D eigenvalue weighted by atomic mass is 16.1. The molecule has 1 heterocycles. The van der Waals surface area contributed by atoms with E-state index in [1.807, 2.05) is 19.1 Å². The molecule has 1 aromatic heterocycles. The summed E-state index contributed by atoms with van der Waals surface area (Å²) in [6.07, 6.45) is 4.11. The van der Waals surface area contributed by atoms with Crippen molar-refractivity contribution in [3.05, 3.63) is 83.7 Å². The third-order valence-corrected chi connectivity index (χ3v) is 7.71. The van der Waals surface area contributed by atoms with Crippen molar-refractivity contribution in [3.8, 4) is 11.1 Å². The molecule has 0 radical (unpaired) electrons. The SMILES string of the molecule is Cc1nc2cc(-c3ccc(C4CCCC(C(=O)Nc5ccc(C(C)C)cc5)C4)cc3)ccc2n1C. The number of rotatable bonds is 5. The molecule has 4 nitrogen and oxygen atoms in total. The fourth-order valence-electron chi connectivity index (χ4n) is 5.37. The largest absolute Gasteiger partial charge is 0.331 e. The molecule has 1 aliphatic carbocycles. The molecule has 3 aromatic carbocycles. The maximum atomic E-state index is 13.0. The van der Waals surface area contributed by atoms with Crippen molar-refractivity contribution in [1.82, 2.24) is 9.55 Å². The minimum atomic E-state index is 0.0630. The fraction of sp³-hybridized carbons (Fsp3) is 0.355. The number of benzene rings is 3. The quantitative estimate of drug-likeness (QED) is 0.330. The number of amides is 1. The van der Waals surface area contributed by atoms with Gasteiger partial charge in [0.05, 0.1) is 11.0 Å². The van der Waals surface area contributed by atoms with Gasteiger partial charge >= 0.3 is 0 Å². The van der Waals surface area contributed by atoms with E-state index in [1.54, 1.807) is 0 Å². The molecule has 2 atom stereocenters. The third-order valence-electron chi connectivity index (χ3n) is 7.71. The zero-order valence-electron chi connectivity index (χ0n) is 21.2. The van der Waals surface area contributed by atoms with Gasteiger partial charge in [0.1, 0.15) is 5.82 Å². The maximum Gasteiger partial charge on any atom is 0.227 e. The lowest BCUT2D eigenvalue weighted by Crippen LogP contribution is -2.27. The van der Waals surface area contributed by atoms with Crippen LogP contribution in [0.1, 0.15) is 68.3 Å². The molecule has 1 aliphatic rings.